The zero-order valence-electron chi connectivity index (χ0n) is 15.1. The number of carbonyl (C=O) groups is 2. The number of ketones is 1. The lowest BCUT2D eigenvalue weighted by Gasteiger charge is -2.17. The van der Waals surface area contributed by atoms with Gasteiger partial charge in [-0.2, -0.15) is 0 Å². The highest BCUT2D eigenvalue weighted by atomic mass is 16.4. The fourth-order valence-electron chi connectivity index (χ4n) is 2.91. The van der Waals surface area contributed by atoms with Gasteiger partial charge in [0, 0.05) is 17.7 Å². The van der Waals surface area contributed by atoms with E-state index in [-0.39, 0.29) is 12.2 Å². The van der Waals surface area contributed by atoms with Crippen LogP contribution in [0.1, 0.15) is 22.3 Å². The molecule has 0 fully saturated rings. The second-order valence-corrected chi connectivity index (χ2v) is 6.42. The van der Waals surface area contributed by atoms with Crippen LogP contribution in [0.2, 0.25) is 0 Å². The number of carbonyl (C=O) groups excluding carboxylic acids is 1. The Kier molecular flexibility index (Phi) is 5.67. The number of aliphatic carboxylic acids is 1. The fraction of sp³-hybridized carbons (Fsp3) is 0.130. The lowest BCUT2D eigenvalue weighted by molar-refractivity contribution is -0.137. The second-order valence-electron chi connectivity index (χ2n) is 6.42. The van der Waals surface area contributed by atoms with Gasteiger partial charge in [0.1, 0.15) is 6.04 Å². The van der Waals surface area contributed by atoms with E-state index in [4.69, 9.17) is 0 Å². The molecule has 3 rings (SSSR count). The molecule has 0 amide bonds. The number of benzene rings is 3. The van der Waals surface area contributed by atoms with Crippen molar-refractivity contribution >= 4 is 17.4 Å². The summed E-state index contributed by atoms with van der Waals surface area (Å²) in [7, 11) is 0. The molecule has 0 saturated carbocycles. The van der Waals surface area contributed by atoms with Crippen LogP contribution in [0.3, 0.4) is 0 Å². The molecule has 0 saturated heterocycles. The number of nitrogens with one attached hydrogen (secondary N) is 1. The number of hydrogen-bond acceptors (Lipinski definition) is 3. The lowest BCUT2D eigenvalue weighted by atomic mass is 9.99. The number of anilines is 1. The zero-order chi connectivity index (χ0) is 19.2. The molecular weight excluding hydrogens is 338 g/mol. The summed E-state index contributed by atoms with van der Waals surface area (Å²) in [6.45, 7) is 1.89. The smallest absolute Gasteiger partial charge is 0.326 e. The van der Waals surface area contributed by atoms with Gasteiger partial charge >= 0.3 is 5.97 Å². The maximum atomic E-state index is 12.6. The number of carboxylic acid groups (broad SMARTS) is 1. The standard InChI is InChI=1S/C23H21NO3/c1-16-7-5-6-10-20(16)24-21(23(26)27)15-22(25)19-13-11-18(12-14-19)17-8-3-2-4-9-17/h2-14,21,24H,15H2,1H3,(H,26,27). The van der Waals surface area contributed by atoms with E-state index in [0.29, 0.717) is 5.56 Å². The van der Waals surface area contributed by atoms with Gasteiger partial charge in [-0.05, 0) is 29.7 Å². The van der Waals surface area contributed by atoms with Crippen LogP contribution < -0.4 is 5.32 Å². The van der Waals surface area contributed by atoms with Crippen molar-refractivity contribution in [3.8, 4) is 11.1 Å². The van der Waals surface area contributed by atoms with Crippen molar-refractivity contribution < 1.29 is 14.7 Å². The largest absolute Gasteiger partial charge is 0.480 e. The van der Waals surface area contributed by atoms with E-state index in [1.54, 1.807) is 12.1 Å². The van der Waals surface area contributed by atoms with Crippen molar-refractivity contribution in [2.75, 3.05) is 5.32 Å². The molecule has 0 bridgehead atoms. The maximum Gasteiger partial charge on any atom is 0.326 e. The molecule has 0 spiro atoms. The van der Waals surface area contributed by atoms with E-state index in [1.165, 1.54) is 0 Å². The highest BCUT2D eigenvalue weighted by Crippen LogP contribution is 2.21. The van der Waals surface area contributed by atoms with Gasteiger partial charge in [-0.3, -0.25) is 4.79 Å². The summed E-state index contributed by atoms with van der Waals surface area (Å²) >= 11 is 0. The number of hydrogen-bond donors (Lipinski definition) is 2. The molecule has 3 aromatic carbocycles. The molecule has 0 radical (unpaired) electrons. The number of rotatable bonds is 7. The summed E-state index contributed by atoms with van der Waals surface area (Å²) in [6.07, 6.45) is -0.117. The Morgan fingerprint density at radius 3 is 2.07 bits per heavy atom. The molecule has 3 aromatic rings. The monoisotopic (exact) mass is 359 g/mol. The Labute approximate surface area is 158 Å². The summed E-state index contributed by atoms with van der Waals surface area (Å²) in [5.41, 5.74) is 4.24. The molecular formula is C23H21NO3. The van der Waals surface area contributed by atoms with Crippen molar-refractivity contribution in [2.24, 2.45) is 0 Å². The predicted molar refractivity (Wildman–Crippen MR) is 107 cm³/mol. The first-order chi connectivity index (χ1) is 13.0. The van der Waals surface area contributed by atoms with Crippen LogP contribution in [0.15, 0.2) is 78.9 Å². The first-order valence-electron chi connectivity index (χ1n) is 8.78. The van der Waals surface area contributed by atoms with Crippen LogP contribution in [0.4, 0.5) is 5.69 Å². The topological polar surface area (TPSA) is 66.4 Å². The van der Waals surface area contributed by atoms with Crippen molar-refractivity contribution in [3.05, 3.63) is 90.0 Å². The number of aryl methyl sites for hydroxylation is 1. The Morgan fingerprint density at radius 2 is 1.44 bits per heavy atom. The molecule has 0 aliphatic carbocycles. The summed E-state index contributed by atoms with van der Waals surface area (Å²) in [5.74, 6) is -1.25. The highest BCUT2D eigenvalue weighted by Gasteiger charge is 2.22. The Bertz CT molecular complexity index is 933. The van der Waals surface area contributed by atoms with Crippen molar-refractivity contribution in [1.82, 2.24) is 0 Å². The van der Waals surface area contributed by atoms with E-state index < -0.39 is 12.0 Å². The van der Waals surface area contributed by atoms with Crippen LogP contribution in [0.25, 0.3) is 11.1 Å². The lowest BCUT2D eigenvalue weighted by Crippen LogP contribution is -2.32. The van der Waals surface area contributed by atoms with Gasteiger partial charge in [-0.1, -0.05) is 72.8 Å². The van der Waals surface area contributed by atoms with Gasteiger partial charge in [-0.25, -0.2) is 4.79 Å². The van der Waals surface area contributed by atoms with Gasteiger partial charge in [-0.15, -0.1) is 0 Å². The molecule has 2 N–H and O–H groups in total. The average Bonchev–Trinajstić information content (AvgIpc) is 2.69. The summed E-state index contributed by atoms with van der Waals surface area (Å²) in [4.78, 5) is 24.2. The molecule has 4 nitrogen and oxygen atoms in total. The van der Waals surface area contributed by atoms with Gasteiger partial charge in [0.2, 0.25) is 0 Å². The van der Waals surface area contributed by atoms with Crippen LogP contribution >= 0.6 is 0 Å². The molecule has 1 unspecified atom stereocenters. The molecule has 0 heterocycles. The van der Waals surface area contributed by atoms with E-state index in [2.05, 4.69) is 5.32 Å². The minimum atomic E-state index is -1.05. The molecule has 0 aromatic heterocycles. The van der Waals surface area contributed by atoms with Crippen molar-refractivity contribution in [1.29, 1.82) is 0 Å². The van der Waals surface area contributed by atoms with E-state index in [0.717, 1.165) is 22.4 Å². The average molecular weight is 359 g/mol. The normalized spacial score (nSPS) is 11.6. The van der Waals surface area contributed by atoms with E-state index >= 15 is 0 Å². The Balaban J connectivity index is 1.72. The third-order valence-corrected chi connectivity index (χ3v) is 4.48. The minimum Gasteiger partial charge on any atom is -0.480 e. The van der Waals surface area contributed by atoms with Crippen LogP contribution in [-0.4, -0.2) is 22.9 Å². The van der Waals surface area contributed by atoms with Gasteiger partial charge in [0.25, 0.3) is 0 Å². The molecule has 1 atom stereocenters. The van der Waals surface area contributed by atoms with Gasteiger partial charge in [0.05, 0.1) is 0 Å². The number of para-hydroxylation sites is 1. The molecule has 136 valence electrons. The molecule has 0 aliphatic rings. The summed E-state index contributed by atoms with van der Waals surface area (Å²) < 4.78 is 0. The first kappa shape index (κ1) is 18.4. The van der Waals surface area contributed by atoms with Crippen molar-refractivity contribution in [3.63, 3.8) is 0 Å². The van der Waals surface area contributed by atoms with Gasteiger partial charge < -0.3 is 10.4 Å². The van der Waals surface area contributed by atoms with Crippen molar-refractivity contribution in [2.45, 2.75) is 19.4 Å². The predicted octanol–water partition coefficient (Wildman–Crippen LogP) is 4.80. The Morgan fingerprint density at radius 1 is 0.852 bits per heavy atom. The second kappa shape index (κ2) is 8.32. The molecule has 4 heteroatoms. The van der Waals surface area contributed by atoms with Crippen LogP contribution in [0.5, 0.6) is 0 Å². The zero-order valence-corrected chi connectivity index (χ0v) is 15.1. The fourth-order valence-corrected chi connectivity index (χ4v) is 2.91. The van der Waals surface area contributed by atoms with Crippen LogP contribution in [0, 0.1) is 6.92 Å². The minimum absolute atomic E-state index is 0.117. The van der Waals surface area contributed by atoms with E-state index in [9.17, 15) is 14.7 Å². The quantitative estimate of drug-likeness (QED) is 0.595. The first-order valence-corrected chi connectivity index (χ1v) is 8.78. The third kappa shape index (κ3) is 4.61. The number of carboxylic acids is 1. The highest BCUT2D eigenvalue weighted by molar-refractivity contribution is 5.99. The van der Waals surface area contributed by atoms with Crippen LogP contribution in [-0.2, 0) is 4.79 Å². The molecule has 27 heavy (non-hydrogen) atoms. The van der Waals surface area contributed by atoms with E-state index in [1.807, 2.05) is 73.7 Å². The molecule has 0 aliphatic heterocycles. The van der Waals surface area contributed by atoms with Gasteiger partial charge in [0.15, 0.2) is 5.78 Å². The SMILES string of the molecule is Cc1ccccc1NC(CC(=O)c1ccc(-c2ccccc2)cc1)C(=O)O. The summed E-state index contributed by atoms with van der Waals surface area (Å²) in [6, 6.07) is 23.6. The Hall–Kier alpha value is -3.40. The third-order valence-electron chi connectivity index (χ3n) is 4.48. The number of Topliss-reactive ketones (excluding diaryl/α,β-unsaturated/α-hetero) is 1. The summed E-state index contributed by atoms with van der Waals surface area (Å²) in [5, 5.41) is 12.5. The maximum absolute atomic E-state index is 12.6.